The Bertz CT molecular complexity index is 634. The monoisotopic (exact) mass is 275 g/mol. The highest BCUT2D eigenvalue weighted by Gasteiger charge is 2.10. The van der Waals surface area contributed by atoms with Crippen LogP contribution >= 0.6 is 0 Å². The number of aromatic nitrogens is 1. The fourth-order valence-electron chi connectivity index (χ4n) is 2.11. The molecule has 4 nitrogen and oxygen atoms in total. The largest absolute Gasteiger partial charge is 0.379 e. The normalized spacial score (nSPS) is 10.6. The van der Waals surface area contributed by atoms with Crippen LogP contribution in [0.1, 0.15) is 28.5 Å². The number of amides is 1. The van der Waals surface area contributed by atoms with E-state index in [1.807, 2.05) is 18.3 Å². The van der Waals surface area contributed by atoms with E-state index in [2.05, 4.69) is 16.8 Å². The van der Waals surface area contributed by atoms with Gasteiger partial charge in [0.15, 0.2) is 0 Å². The van der Waals surface area contributed by atoms with Gasteiger partial charge in [-0.25, -0.2) is 4.39 Å². The van der Waals surface area contributed by atoms with Gasteiger partial charge in [-0.1, -0.05) is 0 Å². The fourth-order valence-corrected chi connectivity index (χ4v) is 2.11. The minimum absolute atomic E-state index is 0.168. The second-order valence-corrected chi connectivity index (χ2v) is 4.63. The van der Waals surface area contributed by atoms with Crippen molar-refractivity contribution in [3.63, 3.8) is 0 Å². The lowest BCUT2D eigenvalue weighted by molar-refractivity contribution is 0.1000. The number of nitrogens with zero attached hydrogens (tertiary/aromatic N) is 1. The summed E-state index contributed by atoms with van der Waals surface area (Å²) in [4.78, 5) is 11.2. The molecule has 0 unspecified atom stereocenters. The summed E-state index contributed by atoms with van der Waals surface area (Å²) in [5.41, 5.74) is 7.53. The van der Waals surface area contributed by atoms with Crippen molar-refractivity contribution in [2.45, 2.75) is 26.9 Å². The number of aryl methyl sites for hydroxylation is 1. The molecule has 20 heavy (non-hydrogen) atoms. The topological polar surface area (TPSA) is 60.1 Å². The average molecular weight is 275 g/mol. The number of hydrogen-bond acceptors (Lipinski definition) is 2. The molecular formula is C15H18FN3O. The van der Waals surface area contributed by atoms with Crippen LogP contribution in [0.5, 0.6) is 0 Å². The summed E-state index contributed by atoms with van der Waals surface area (Å²) >= 11 is 0. The van der Waals surface area contributed by atoms with E-state index >= 15 is 0 Å². The standard InChI is InChI=1S/C15H18FN3O/c1-3-19-6-4-5-12(19)9-18-14-8-11(15(17)20)7-13(16)10(14)2/h4-8,18H,3,9H2,1-2H3,(H2,17,20). The van der Waals surface area contributed by atoms with Crippen LogP contribution in [0, 0.1) is 12.7 Å². The van der Waals surface area contributed by atoms with Crippen molar-refractivity contribution in [1.82, 2.24) is 4.57 Å². The maximum atomic E-state index is 13.8. The van der Waals surface area contributed by atoms with E-state index in [0.29, 0.717) is 17.8 Å². The second kappa shape index (κ2) is 5.77. The van der Waals surface area contributed by atoms with Crippen LogP contribution in [-0.4, -0.2) is 10.5 Å². The van der Waals surface area contributed by atoms with Crippen molar-refractivity contribution < 1.29 is 9.18 Å². The molecular weight excluding hydrogens is 257 g/mol. The van der Waals surface area contributed by atoms with Crippen LogP contribution < -0.4 is 11.1 Å². The van der Waals surface area contributed by atoms with Crippen molar-refractivity contribution in [3.8, 4) is 0 Å². The van der Waals surface area contributed by atoms with Crippen LogP contribution in [0.15, 0.2) is 30.5 Å². The summed E-state index contributed by atoms with van der Waals surface area (Å²) in [5, 5.41) is 3.16. The zero-order valence-corrected chi connectivity index (χ0v) is 11.6. The molecule has 0 aliphatic carbocycles. The smallest absolute Gasteiger partial charge is 0.248 e. The van der Waals surface area contributed by atoms with Crippen LogP contribution in [-0.2, 0) is 13.1 Å². The highest BCUT2D eigenvalue weighted by atomic mass is 19.1. The number of rotatable bonds is 5. The quantitative estimate of drug-likeness (QED) is 0.881. The number of nitrogens with one attached hydrogen (secondary N) is 1. The first-order chi connectivity index (χ1) is 9.52. The lowest BCUT2D eigenvalue weighted by atomic mass is 10.1. The molecule has 2 rings (SSSR count). The van der Waals surface area contributed by atoms with Crippen LogP contribution in [0.4, 0.5) is 10.1 Å². The number of halogens is 1. The molecule has 3 N–H and O–H groups in total. The molecule has 1 aromatic heterocycles. The maximum absolute atomic E-state index is 13.8. The molecule has 1 heterocycles. The van der Waals surface area contributed by atoms with Crippen molar-refractivity contribution in [2.75, 3.05) is 5.32 Å². The molecule has 106 valence electrons. The summed E-state index contributed by atoms with van der Waals surface area (Å²) in [6, 6.07) is 6.71. The number of benzene rings is 1. The minimum Gasteiger partial charge on any atom is -0.379 e. The number of anilines is 1. The molecule has 0 aliphatic heterocycles. The van der Waals surface area contributed by atoms with E-state index in [1.165, 1.54) is 0 Å². The van der Waals surface area contributed by atoms with Gasteiger partial charge < -0.3 is 15.6 Å². The third-order valence-corrected chi connectivity index (χ3v) is 3.35. The number of carbonyl (C=O) groups excluding carboxylic acids is 1. The van der Waals surface area contributed by atoms with Gasteiger partial charge in [0.25, 0.3) is 0 Å². The van der Waals surface area contributed by atoms with E-state index in [-0.39, 0.29) is 5.56 Å². The average Bonchev–Trinajstić information content (AvgIpc) is 2.87. The van der Waals surface area contributed by atoms with Crippen LogP contribution in [0.25, 0.3) is 0 Å². The van der Waals surface area contributed by atoms with E-state index in [9.17, 15) is 9.18 Å². The predicted octanol–water partition coefficient (Wildman–Crippen LogP) is 2.67. The summed E-state index contributed by atoms with van der Waals surface area (Å²) in [6.45, 7) is 5.16. The van der Waals surface area contributed by atoms with Gasteiger partial charge in [-0.15, -0.1) is 0 Å². The Labute approximate surface area is 117 Å². The lowest BCUT2D eigenvalue weighted by Gasteiger charge is -2.13. The first kappa shape index (κ1) is 14.1. The SMILES string of the molecule is CCn1cccc1CNc1cc(C(N)=O)cc(F)c1C. The van der Waals surface area contributed by atoms with Gasteiger partial charge in [0.1, 0.15) is 5.82 Å². The molecule has 0 radical (unpaired) electrons. The van der Waals surface area contributed by atoms with Gasteiger partial charge in [-0.3, -0.25) is 4.79 Å². The first-order valence-corrected chi connectivity index (χ1v) is 6.50. The van der Waals surface area contributed by atoms with E-state index in [1.54, 1.807) is 13.0 Å². The molecule has 1 amide bonds. The third-order valence-electron chi connectivity index (χ3n) is 3.35. The van der Waals surface area contributed by atoms with Crippen LogP contribution in [0.2, 0.25) is 0 Å². The third kappa shape index (κ3) is 2.82. The highest BCUT2D eigenvalue weighted by molar-refractivity contribution is 5.94. The summed E-state index contributed by atoms with van der Waals surface area (Å²) in [5.74, 6) is -1.07. The van der Waals surface area contributed by atoms with Gasteiger partial charge in [0.2, 0.25) is 5.91 Å². The Kier molecular flexibility index (Phi) is 4.08. The number of carbonyl (C=O) groups is 1. The predicted molar refractivity (Wildman–Crippen MR) is 77.1 cm³/mol. The van der Waals surface area contributed by atoms with Crippen molar-refractivity contribution in [1.29, 1.82) is 0 Å². The van der Waals surface area contributed by atoms with Gasteiger partial charge in [-0.2, -0.15) is 0 Å². The molecule has 0 spiro atoms. The zero-order chi connectivity index (χ0) is 14.7. The second-order valence-electron chi connectivity index (χ2n) is 4.63. The molecule has 2 aromatic rings. The van der Waals surface area contributed by atoms with E-state index < -0.39 is 11.7 Å². The van der Waals surface area contributed by atoms with Crippen molar-refractivity contribution in [3.05, 3.63) is 53.1 Å². The molecule has 0 bridgehead atoms. The Morgan fingerprint density at radius 3 is 2.85 bits per heavy atom. The Hall–Kier alpha value is -2.30. The van der Waals surface area contributed by atoms with E-state index in [0.717, 1.165) is 18.3 Å². The van der Waals surface area contributed by atoms with Gasteiger partial charge in [-0.05, 0) is 38.1 Å². The lowest BCUT2D eigenvalue weighted by Crippen LogP contribution is -2.13. The Morgan fingerprint density at radius 1 is 1.45 bits per heavy atom. The molecule has 1 aromatic carbocycles. The molecule has 0 aliphatic rings. The maximum Gasteiger partial charge on any atom is 0.248 e. The number of nitrogens with two attached hydrogens (primary N) is 1. The Balaban J connectivity index is 2.23. The molecule has 5 heteroatoms. The van der Waals surface area contributed by atoms with E-state index in [4.69, 9.17) is 5.73 Å². The fraction of sp³-hybridized carbons (Fsp3) is 0.267. The van der Waals surface area contributed by atoms with Crippen molar-refractivity contribution in [2.24, 2.45) is 5.73 Å². The molecule has 0 fully saturated rings. The van der Waals surface area contributed by atoms with Gasteiger partial charge in [0, 0.05) is 35.2 Å². The summed E-state index contributed by atoms with van der Waals surface area (Å²) in [6.07, 6.45) is 1.99. The van der Waals surface area contributed by atoms with Crippen molar-refractivity contribution >= 4 is 11.6 Å². The minimum atomic E-state index is -0.635. The summed E-state index contributed by atoms with van der Waals surface area (Å²) in [7, 11) is 0. The number of primary amides is 1. The number of hydrogen-bond donors (Lipinski definition) is 2. The first-order valence-electron chi connectivity index (χ1n) is 6.50. The highest BCUT2D eigenvalue weighted by Crippen LogP contribution is 2.21. The van der Waals surface area contributed by atoms with Gasteiger partial charge >= 0.3 is 0 Å². The molecule has 0 atom stereocenters. The molecule has 0 saturated heterocycles. The summed E-state index contributed by atoms with van der Waals surface area (Å²) < 4.78 is 15.9. The van der Waals surface area contributed by atoms with Crippen LogP contribution in [0.3, 0.4) is 0 Å². The zero-order valence-electron chi connectivity index (χ0n) is 11.6. The Morgan fingerprint density at radius 2 is 2.20 bits per heavy atom. The molecule has 0 saturated carbocycles. The van der Waals surface area contributed by atoms with Gasteiger partial charge in [0.05, 0.1) is 6.54 Å².